The number of carbonyl (C=O) groups excluding carboxylic acids is 3. The first-order chi connectivity index (χ1) is 16.0. The van der Waals surface area contributed by atoms with Gasteiger partial charge >= 0.3 is 17.9 Å². The molecule has 0 saturated carbocycles. The largest absolute Gasteiger partial charge is 0.457 e. The van der Waals surface area contributed by atoms with Crippen LogP contribution in [0.3, 0.4) is 0 Å². The number of carbonyl (C=O) groups is 3. The summed E-state index contributed by atoms with van der Waals surface area (Å²) in [7, 11) is -2.29. The molecule has 0 unspecified atom stereocenters. The molecule has 0 aliphatic rings. The first-order valence-electron chi connectivity index (χ1n) is 11.4. The van der Waals surface area contributed by atoms with Crippen LogP contribution in [-0.4, -0.2) is 38.4 Å². The first kappa shape index (κ1) is 32.1. The second kappa shape index (κ2) is 14.5. The van der Waals surface area contributed by atoms with Crippen LogP contribution in [0.2, 0.25) is 18.1 Å². The predicted octanol–water partition coefficient (Wildman–Crippen LogP) is 5.75. The summed E-state index contributed by atoms with van der Waals surface area (Å²) in [6.07, 6.45) is 4.17. The van der Waals surface area contributed by atoms with Crippen LogP contribution >= 0.6 is 0 Å². The van der Waals surface area contributed by atoms with E-state index in [-0.39, 0.29) is 11.5 Å². The lowest BCUT2D eigenvalue weighted by Gasteiger charge is -2.40. The lowest BCUT2D eigenvalue weighted by atomic mass is 10.00. The zero-order valence-corrected chi connectivity index (χ0v) is 23.7. The fourth-order valence-corrected chi connectivity index (χ4v) is 3.68. The molecule has 0 fully saturated rings. The zero-order chi connectivity index (χ0) is 27.4. The summed E-state index contributed by atoms with van der Waals surface area (Å²) < 4.78 is 22.1. The van der Waals surface area contributed by atoms with Crippen molar-refractivity contribution >= 4 is 26.2 Å². The molecule has 0 rings (SSSR count). The quantitative estimate of drug-likeness (QED) is 0.0935. The monoisotopic (exact) mass is 504 g/mol. The molecule has 8 heteroatoms. The molecule has 194 valence electrons. The van der Waals surface area contributed by atoms with Crippen LogP contribution in [0.4, 0.5) is 0 Å². The minimum absolute atomic E-state index is 0.0958. The Morgan fingerprint density at radius 1 is 0.943 bits per heavy atom. The Kier molecular flexibility index (Phi) is 13.3. The van der Waals surface area contributed by atoms with Crippen molar-refractivity contribution in [2.45, 2.75) is 92.2 Å². The van der Waals surface area contributed by atoms with Crippen molar-refractivity contribution in [1.29, 1.82) is 0 Å². The summed E-state index contributed by atoms with van der Waals surface area (Å²) in [6, 6.07) is 0. The number of esters is 3. The van der Waals surface area contributed by atoms with Crippen molar-refractivity contribution in [3.8, 4) is 11.8 Å². The average molecular weight is 505 g/mol. The van der Waals surface area contributed by atoms with E-state index in [4.69, 9.17) is 18.6 Å². The minimum atomic E-state index is -2.29. The second-order valence-electron chi connectivity index (χ2n) is 9.86. The maximum Gasteiger partial charge on any atom is 0.307 e. The van der Waals surface area contributed by atoms with Gasteiger partial charge in [0, 0.05) is 38.3 Å². The average Bonchev–Trinajstić information content (AvgIpc) is 2.67. The molecule has 0 aromatic heterocycles. The number of hydrogen-bond donors (Lipinski definition) is 0. The van der Waals surface area contributed by atoms with Gasteiger partial charge in [0.25, 0.3) is 0 Å². The highest BCUT2D eigenvalue weighted by Gasteiger charge is 2.40. The van der Waals surface area contributed by atoms with Gasteiger partial charge in [-0.3, -0.25) is 14.4 Å². The SMILES string of the molecule is C=C(C#CC=C(C)C)[C@H](C[C@H](OC(C)=O)C(=C\OC(C)=O)/C=C/OC(C)=O)O[Si](C)(C)C(C)(C)C. The van der Waals surface area contributed by atoms with E-state index in [1.807, 2.05) is 13.8 Å². The van der Waals surface area contributed by atoms with Crippen molar-refractivity contribution in [2.24, 2.45) is 0 Å². The third kappa shape index (κ3) is 13.5. The highest BCUT2D eigenvalue weighted by atomic mass is 28.4. The Labute approximate surface area is 211 Å². The summed E-state index contributed by atoms with van der Waals surface area (Å²) in [5, 5.41) is -0.0958. The van der Waals surface area contributed by atoms with Gasteiger partial charge < -0.3 is 18.6 Å². The number of allylic oxidation sites excluding steroid dienone is 2. The smallest absolute Gasteiger partial charge is 0.307 e. The third-order valence-corrected chi connectivity index (χ3v) is 9.68. The molecular formula is C27H40O7Si. The topological polar surface area (TPSA) is 88.1 Å². The predicted molar refractivity (Wildman–Crippen MR) is 139 cm³/mol. The van der Waals surface area contributed by atoms with E-state index in [0.29, 0.717) is 11.1 Å². The Morgan fingerprint density at radius 3 is 1.97 bits per heavy atom. The Hall–Kier alpha value is -2.89. The Balaban J connectivity index is 6.44. The fraction of sp³-hybridized carbons (Fsp3) is 0.519. The van der Waals surface area contributed by atoms with Crippen LogP contribution in [-0.2, 0) is 33.0 Å². The van der Waals surface area contributed by atoms with Crippen LogP contribution in [0.1, 0.15) is 61.8 Å². The van der Waals surface area contributed by atoms with Gasteiger partial charge in [-0.1, -0.05) is 44.8 Å². The lowest BCUT2D eigenvalue weighted by Crippen LogP contribution is -2.45. The number of hydrogen-bond acceptors (Lipinski definition) is 7. The van der Waals surface area contributed by atoms with E-state index < -0.39 is 38.4 Å². The van der Waals surface area contributed by atoms with Crippen molar-refractivity contribution < 1.29 is 33.0 Å². The molecule has 0 aromatic carbocycles. The van der Waals surface area contributed by atoms with Crippen molar-refractivity contribution in [3.05, 3.63) is 48.0 Å². The second-order valence-corrected chi connectivity index (χ2v) is 14.6. The van der Waals surface area contributed by atoms with Gasteiger partial charge in [0.15, 0.2) is 8.32 Å². The van der Waals surface area contributed by atoms with E-state index >= 15 is 0 Å². The molecule has 7 nitrogen and oxygen atoms in total. The standard InChI is InChI=1S/C27H40O7Si/c1-19(2)13-12-14-20(3)25(34-35(10,11)27(7,8)9)17-26(33-23(6)30)24(18-32-22(5)29)15-16-31-21(4)28/h13,15-16,18,25-26H,3,17H2,1-2,4-11H3/b16-15+,24-18-/t25-,26-/m0/s1. The zero-order valence-electron chi connectivity index (χ0n) is 22.7. The van der Waals surface area contributed by atoms with E-state index in [1.54, 1.807) is 6.08 Å². The van der Waals surface area contributed by atoms with Gasteiger partial charge in [-0.15, -0.1) is 0 Å². The first-order valence-corrected chi connectivity index (χ1v) is 14.3. The van der Waals surface area contributed by atoms with Crippen molar-refractivity contribution in [1.82, 2.24) is 0 Å². The fourth-order valence-electron chi connectivity index (χ4n) is 2.38. The van der Waals surface area contributed by atoms with Gasteiger partial charge in [-0.2, -0.15) is 0 Å². The van der Waals surface area contributed by atoms with Gasteiger partial charge in [0.2, 0.25) is 0 Å². The van der Waals surface area contributed by atoms with Crippen LogP contribution < -0.4 is 0 Å². The molecule has 0 aromatic rings. The molecule has 0 saturated heterocycles. The summed E-state index contributed by atoms with van der Waals surface area (Å²) >= 11 is 0. The van der Waals surface area contributed by atoms with E-state index in [2.05, 4.69) is 52.3 Å². The molecule has 0 spiro atoms. The molecule has 0 bridgehead atoms. The van der Waals surface area contributed by atoms with Crippen LogP contribution in [0.15, 0.2) is 48.0 Å². The maximum absolute atomic E-state index is 12.0. The van der Waals surface area contributed by atoms with Crippen molar-refractivity contribution in [2.75, 3.05) is 0 Å². The molecule has 35 heavy (non-hydrogen) atoms. The molecule has 2 atom stereocenters. The molecule has 0 N–H and O–H groups in total. The van der Waals surface area contributed by atoms with Crippen LogP contribution in [0.5, 0.6) is 0 Å². The summed E-state index contributed by atoms with van der Waals surface area (Å²) in [4.78, 5) is 34.6. The van der Waals surface area contributed by atoms with E-state index in [9.17, 15) is 14.4 Å². The minimum Gasteiger partial charge on any atom is -0.457 e. The lowest BCUT2D eigenvalue weighted by molar-refractivity contribution is -0.145. The number of rotatable bonds is 10. The van der Waals surface area contributed by atoms with Gasteiger partial charge in [0.05, 0.1) is 12.4 Å². The van der Waals surface area contributed by atoms with Gasteiger partial charge in [-0.25, -0.2) is 0 Å². The Morgan fingerprint density at radius 2 is 1.51 bits per heavy atom. The van der Waals surface area contributed by atoms with Crippen LogP contribution in [0.25, 0.3) is 0 Å². The normalized spacial score (nSPS) is 13.7. The maximum atomic E-state index is 12.0. The van der Waals surface area contributed by atoms with Gasteiger partial charge in [-0.05, 0) is 44.1 Å². The molecule has 0 aliphatic carbocycles. The molecule has 0 radical (unpaired) electrons. The molecular weight excluding hydrogens is 464 g/mol. The third-order valence-electron chi connectivity index (χ3n) is 5.19. The molecule has 0 amide bonds. The van der Waals surface area contributed by atoms with Crippen LogP contribution in [0, 0.1) is 11.8 Å². The molecule has 0 heterocycles. The molecule has 0 aliphatic heterocycles. The number of ether oxygens (including phenoxy) is 3. The van der Waals surface area contributed by atoms with Gasteiger partial charge in [0.1, 0.15) is 12.4 Å². The van der Waals surface area contributed by atoms with Crippen molar-refractivity contribution in [3.63, 3.8) is 0 Å². The van der Waals surface area contributed by atoms with E-state index in [0.717, 1.165) is 18.1 Å². The highest BCUT2D eigenvalue weighted by Crippen LogP contribution is 2.39. The highest BCUT2D eigenvalue weighted by molar-refractivity contribution is 6.74. The Bertz CT molecular complexity index is 933. The van der Waals surface area contributed by atoms with E-state index in [1.165, 1.54) is 26.8 Å². The summed E-state index contributed by atoms with van der Waals surface area (Å²) in [5.41, 5.74) is 1.87. The summed E-state index contributed by atoms with van der Waals surface area (Å²) in [6.45, 7) is 22.4. The summed E-state index contributed by atoms with van der Waals surface area (Å²) in [5.74, 6) is 4.39.